The number of para-hydroxylation sites is 1. The number of hydrogen-bond donors (Lipinski definition) is 1. The van der Waals surface area contributed by atoms with E-state index in [-0.39, 0.29) is 30.1 Å². The van der Waals surface area contributed by atoms with Crippen LogP contribution in [0.15, 0.2) is 35.1 Å². The number of aromatic nitrogens is 4. The lowest BCUT2D eigenvalue weighted by Crippen LogP contribution is -2.22. The zero-order valence-corrected chi connectivity index (χ0v) is 15.5. The van der Waals surface area contributed by atoms with E-state index in [1.807, 2.05) is 24.3 Å². The Morgan fingerprint density at radius 1 is 1.32 bits per heavy atom. The van der Waals surface area contributed by atoms with Gasteiger partial charge >= 0.3 is 0 Å². The number of amides is 1. The van der Waals surface area contributed by atoms with E-state index < -0.39 is 5.91 Å². The first-order valence-electron chi connectivity index (χ1n) is 9.50. The van der Waals surface area contributed by atoms with Gasteiger partial charge in [-0.15, -0.1) is 0 Å². The van der Waals surface area contributed by atoms with Crippen LogP contribution in [0, 0.1) is 0 Å². The van der Waals surface area contributed by atoms with Gasteiger partial charge in [-0.1, -0.05) is 18.2 Å². The quantitative estimate of drug-likeness (QED) is 0.733. The molecular weight excluding hydrogens is 358 g/mol. The number of nitrogens with zero attached hydrogens (tertiary/aromatic N) is 4. The van der Waals surface area contributed by atoms with E-state index in [1.54, 1.807) is 22.4 Å². The fraction of sp³-hybridized carbons (Fsp3) is 0.400. The van der Waals surface area contributed by atoms with Gasteiger partial charge in [-0.2, -0.15) is 5.10 Å². The van der Waals surface area contributed by atoms with E-state index in [0.29, 0.717) is 11.5 Å². The molecule has 1 amide bonds. The Kier molecular flexibility index (Phi) is 3.83. The van der Waals surface area contributed by atoms with Crippen molar-refractivity contribution in [3.8, 4) is 5.69 Å². The summed E-state index contributed by atoms with van der Waals surface area (Å²) in [6.45, 7) is 0. The van der Waals surface area contributed by atoms with E-state index in [9.17, 15) is 9.59 Å². The molecule has 2 fully saturated rings. The first-order valence-corrected chi connectivity index (χ1v) is 9.50. The van der Waals surface area contributed by atoms with Crippen molar-refractivity contribution >= 4 is 16.8 Å². The molecule has 144 valence electrons. The molecule has 2 bridgehead atoms. The Labute approximate surface area is 160 Å². The van der Waals surface area contributed by atoms with Gasteiger partial charge in [0.15, 0.2) is 5.82 Å². The van der Waals surface area contributed by atoms with Crippen LogP contribution in [-0.2, 0) is 23.0 Å². The van der Waals surface area contributed by atoms with Crippen molar-refractivity contribution in [3.63, 3.8) is 0 Å². The van der Waals surface area contributed by atoms with Crippen molar-refractivity contribution in [3.05, 3.63) is 52.3 Å². The molecule has 0 saturated carbocycles. The van der Waals surface area contributed by atoms with E-state index in [0.717, 1.165) is 36.0 Å². The number of hydrogen-bond acceptors (Lipinski definition) is 5. The zero-order valence-electron chi connectivity index (χ0n) is 15.5. The third-order valence-corrected chi connectivity index (χ3v) is 5.81. The standard InChI is InChI=1S/C20H21N5O3/c1-24-14-5-3-2-4-12(14)15(9-19(24)27)25-20(22-18(23-25)10-17(21)26)13-8-11-6-7-16(13)28-11/h2-5,9,11,13,16H,6-8,10H2,1H3,(H2,21,26)/t11-,13-,16+/m0/s1. The van der Waals surface area contributed by atoms with Crippen molar-refractivity contribution in [2.24, 2.45) is 12.8 Å². The molecule has 2 aliphatic rings. The van der Waals surface area contributed by atoms with Crippen molar-refractivity contribution in [1.82, 2.24) is 19.3 Å². The van der Waals surface area contributed by atoms with Crippen LogP contribution in [0.5, 0.6) is 0 Å². The molecule has 0 radical (unpaired) electrons. The minimum atomic E-state index is -0.485. The molecule has 2 saturated heterocycles. The Bertz CT molecular complexity index is 1150. The number of primary amides is 1. The highest BCUT2D eigenvalue weighted by molar-refractivity contribution is 5.87. The maximum absolute atomic E-state index is 12.6. The highest BCUT2D eigenvalue weighted by Crippen LogP contribution is 2.44. The number of ether oxygens (including phenoxy) is 1. The zero-order chi connectivity index (χ0) is 19.4. The van der Waals surface area contributed by atoms with Crippen LogP contribution in [0.3, 0.4) is 0 Å². The number of rotatable bonds is 4. The summed E-state index contributed by atoms with van der Waals surface area (Å²) in [5.41, 5.74) is 6.71. The lowest BCUT2D eigenvalue weighted by Gasteiger charge is -2.19. The minimum Gasteiger partial charge on any atom is -0.374 e. The highest BCUT2D eigenvalue weighted by atomic mass is 16.5. The molecule has 1 aromatic carbocycles. The molecule has 2 aromatic heterocycles. The summed E-state index contributed by atoms with van der Waals surface area (Å²) in [6, 6.07) is 9.26. The summed E-state index contributed by atoms with van der Waals surface area (Å²) in [5, 5.41) is 5.46. The maximum atomic E-state index is 12.6. The summed E-state index contributed by atoms with van der Waals surface area (Å²) < 4.78 is 9.34. The summed E-state index contributed by atoms with van der Waals surface area (Å²) >= 11 is 0. The molecule has 4 heterocycles. The van der Waals surface area contributed by atoms with Crippen molar-refractivity contribution in [1.29, 1.82) is 0 Å². The SMILES string of the molecule is Cn1c(=O)cc(-n2nc(CC(N)=O)nc2[C@H]2C[C@@H]3CC[C@H]2O3)c2ccccc21. The number of carbonyl (C=O) groups excluding carboxylic acids is 1. The average Bonchev–Trinajstić information content (AvgIpc) is 3.39. The van der Waals surface area contributed by atoms with Gasteiger partial charge in [0.2, 0.25) is 5.91 Å². The Balaban J connectivity index is 1.73. The van der Waals surface area contributed by atoms with Crippen LogP contribution >= 0.6 is 0 Å². The molecular formula is C20H21N5O3. The maximum Gasteiger partial charge on any atom is 0.252 e. The second kappa shape index (κ2) is 6.27. The van der Waals surface area contributed by atoms with Gasteiger partial charge in [0.05, 0.1) is 29.8 Å². The fourth-order valence-corrected chi connectivity index (χ4v) is 4.49. The number of fused-ring (bicyclic) bond motifs is 3. The first kappa shape index (κ1) is 17.1. The number of benzene rings is 1. The fourth-order valence-electron chi connectivity index (χ4n) is 4.49. The van der Waals surface area contributed by atoms with Gasteiger partial charge in [0, 0.05) is 24.4 Å². The van der Waals surface area contributed by atoms with Gasteiger partial charge in [-0.3, -0.25) is 9.59 Å². The van der Waals surface area contributed by atoms with Crippen molar-refractivity contribution in [2.45, 2.75) is 43.8 Å². The molecule has 5 rings (SSSR count). The lowest BCUT2D eigenvalue weighted by atomic mass is 9.88. The number of aryl methyl sites for hydroxylation is 1. The van der Waals surface area contributed by atoms with Crippen LogP contribution in [0.2, 0.25) is 0 Å². The molecule has 0 unspecified atom stereocenters. The molecule has 3 atom stereocenters. The minimum absolute atomic E-state index is 0.0373. The average molecular weight is 379 g/mol. The summed E-state index contributed by atoms with van der Waals surface area (Å²) in [5.74, 6) is 0.717. The monoisotopic (exact) mass is 379 g/mol. The highest BCUT2D eigenvalue weighted by Gasteiger charge is 2.44. The van der Waals surface area contributed by atoms with Crippen LogP contribution in [0.1, 0.15) is 36.8 Å². The van der Waals surface area contributed by atoms with Crippen molar-refractivity contribution in [2.75, 3.05) is 0 Å². The topological polar surface area (TPSA) is 105 Å². The lowest BCUT2D eigenvalue weighted by molar-refractivity contribution is -0.117. The second-order valence-electron chi connectivity index (χ2n) is 7.60. The van der Waals surface area contributed by atoms with Crippen LogP contribution in [0.4, 0.5) is 0 Å². The van der Waals surface area contributed by atoms with Crippen LogP contribution < -0.4 is 11.3 Å². The number of pyridine rings is 1. The molecule has 3 aromatic rings. The van der Waals surface area contributed by atoms with Crippen LogP contribution in [0.25, 0.3) is 16.6 Å². The Morgan fingerprint density at radius 2 is 2.14 bits per heavy atom. The molecule has 0 spiro atoms. The molecule has 2 N–H and O–H groups in total. The summed E-state index contributed by atoms with van der Waals surface area (Å²) in [6.07, 6.45) is 3.25. The van der Waals surface area contributed by atoms with E-state index in [4.69, 9.17) is 10.5 Å². The third-order valence-electron chi connectivity index (χ3n) is 5.81. The first-order chi connectivity index (χ1) is 13.5. The Morgan fingerprint density at radius 3 is 2.86 bits per heavy atom. The second-order valence-corrected chi connectivity index (χ2v) is 7.60. The molecule has 2 aliphatic heterocycles. The number of carbonyl (C=O) groups is 1. The largest absolute Gasteiger partial charge is 0.374 e. The van der Waals surface area contributed by atoms with Crippen LogP contribution in [-0.4, -0.2) is 37.4 Å². The van der Waals surface area contributed by atoms with Gasteiger partial charge in [0.25, 0.3) is 5.56 Å². The summed E-state index contributed by atoms with van der Waals surface area (Å²) in [7, 11) is 1.75. The van der Waals surface area contributed by atoms with E-state index in [1.165, 1.54) is 0 Å². The number of nitrogens with two attached hydrogens (primary N) is 1. The van der Waals surface area contributed by atoms with Gasteiger partial charge < -0.3 is 15.0 Å². The van der Waals surface area contributed by atoms with Gasteiger partial charge in [-0.25, -0.2) is 9.67 Å². The molecule has 8 heteroatoms. The van der Waals surface area contributed by atoms with E-state index >= 15 is 0 Å². The molecule has 28 heavy (non-hydrogen) atoms. The normalized spacial score (nSPS) is 23.5. The van der Waals surface area contributed by atoms with E-state index in [2.05, 4.69) is 10.1 Å². The predicted molar refractivity (Wildman–Crippen MR) is 102 cm³/mol. The van der Waals surface area contributed by atoms with Gasteiger partial charge in [0.1, 0.15) is 5.82 Å². The molecule has 0 aliphatic carbocycles. The predicted octanol–water partition coefficient (Wildman–Crippen LogP) is 1.18. The van der Waals surface area contributed by atoms with Gasteiger partial charge in [-0.05, 0) is 25.3 Å². The molecule has 8 nitrogen and oxygen atoms in total. The Hall–Kier alpha value is -3.00. The smallest absolute Gasteiger partial charge is 0.252 e. The summed E-state index contributed by atoms with van der Waals surface area (Å²) in [4.78, 5) is 28.7. The van der Waals surface area contributed by atoms with Crippen molar-refractivity contribution < 1.29 is 9.53 Å². The third kappa shape index (κ3) is 2.63.